The zero-order chi connectivity index (χ0) is 30.9. The van der Waals surface area contributed by atoms with E-state index >= 15 is 0 Å². The molecule has 0 amide bonds. The number of carbonyl (C=O) groups is 1. The molecule has 0 saturated heterocycles. The fourth-order valence-corrected chi connectivity index (χ4v) is 4.99. The van der Waals surface area contributed by atoms with Gasteiger partial charge in [-0.2, -0.15) is 13.9 Å². The van der Waals surface area contributed by atoms with Gasteiger partial charge in [-0.1, -0.05) is 91.0 Å². The lowest BCUT2D eigenvalue weighted by Crippen LogP contribution is -2.15. The summed E-state index contributed by atoms with van der Waals surface area (Å²) in [6.07, 6.45) is 2.21. The van der Waals surface area contributed by atoms with Gasteiger partial charge in [-0.25, -0.2) is 4.39 Å². The quantitative estimate of drug-likeness (QED) is 0.136. The Bertz CT molecular complexity index is 1650. The molecular weight excluding hydrogens is 563 g/mol. The van der Waals surface area contributed by atoms with Crippen molar-refractivity contribution in [3.63, 3.8) is 0 Å². The molecule has 0 aliphatic heterocycles. The normalized spacial score (nSPS) is 11.4. The Kier molecular flexibility index (Phi) is 9.79. The first-order valence-corrected chi connectivity index (χ1v) is 14.6. The van der Waals surface area contributed by atoms with Crippen LogP contribution in [0.3, 0.4) is 0 Å². The standard InChI is InChI=1S/C36H34F3N3O2/c37-25-36(38,39)31-16-14-30(15-17-31)34-22-33(20-12-26-4-2-1-3-5-26)42(41-34)24-29-8-6-28(7-9-29)23-40-32-18-10-27(11-19-32)13-21-35(43)44/h1-11,14-19,22,40H,12-13,20-21,23-25H2,(H,43,44). The van der Waals surface area contributed by atoms with Gasteiger partial charge in [-0.15, -0.1) is 0 Å². The molecule has 4 aromatic carbocycles. The van der Waals surface area contributed by atoms with Crippen LogP contribution >= 0.6 is 0 Å². The van der Waals surface area contributed by atoms with E-state index in [9.17, 15) is 18.0 Å². The lowest BCUT2D eigenvalue weighted by atomic mass is 10.0. The van der Waals surface area contributed by atoms with E-state index in [1.165, 1.54) is 17.7 Å². The van der Waals surface area contributed by atoms with Crippen molar-refractivity contribution in [3.05, 3.63) is 143 Å². The van der Waals surface area contributed by atoms with Crippen LogP contribution in [-0.2, 0) is 43.1 Å². The second-order valence-electron chi connectivity index (χ2n) is 10.8. The Labute approximate surface area is 255 Å². The third-order valence-electron chi connectivity index (χ3n) is 7.58. The third kappa shape index (κ3) is 8.16. The van der Waals surface area contributed by atoms with Gasteiger partial charge in [0.05, 0.1) is 12.2 Å². The SMILES string of the molecule is O=C(O)CCc1ccc(NCc2ccc(Cn3nc(-c4ccc(C(F)(F)CF)cc4)cc3CCc3ccccc3)cc2)cc1. The molecule has 226 valence electrons. The van der Waals surface area contributed by atoms with E-state index in [0.29, 0.717) is 30.8 Å². The number of aromatic nitrogens is 2. The lowest BCUT2D eigenvalue weighted by molar-refractivity contribution is -0.136. The molecule has 0 atom stereocenters. The molecule has 44 heavy (non-hydrogen) atoms. The molecule has 0 aliphatic carbocycles. The number of rotatable bonds is 14. The van der Waals surface area contributed by atoms with E-state index in [4.69, 9.17) is 10.2 Å². The Morgan fingerprint density at radius 1 is 0.773 bits per heavy atom. The predicted octanol–water partition coefficient (Wildman–Crippen LogP) is 8.07. The van der Waals surface area contributed by atoms with Crippen LogP contribution in [0.4, 0.5) is 18.9 Å². The van der Waals surface area contributed by atoms with Gasteiger partial charge in [0.2, 0.25) is 0 Å². The highest BCUT2D eigenvalue weighted by Crippen LogP contribution is 2.30. The van der Waals surface area contributed by atoms with Crippen molar-refractivity contribution in [1.29, 1.82) is 0 Å². The summed E-state index contributed by atoms with van der Waals surface area (Å²) < 4.78 is 42.4. The van der Waals surface area contributed by atoms with Gasteiger partial charge in [0, 0.05) is 35.5 Å². The number of hydrogen-bond donors (Lipinski definition) is 2. The van der Waals surface area contributed by atoms with Crippen LogP contribution in [0, 0.1) is 0 Å². The second kappa shape index (κ2) is 14.1. The Morgan fingerprint density at radius 3 is 2.07 bits per heavy atom. The highest BCUT2D eigenvalue weighted by atomic mass is 19.3. The Balaban J connectivity index is 1.27. The average Bonchev–Trinajstić information content (AvgIpc) is 3.45. The van der Waals surface area contributed by atoms with Crippen molar-refractivity contribution < 1.29 is 23.1 Å². The van der Waals surface area contributed by atoms with E-state index in [0.717, 1.165) is 40.9 Å². The van der Waals surface area contributed by atoms with Crippen LogP contribution in [-0.4, -0.2) is 27.5 Å². The van der Waals surface area contributed by atoms with Crippen molar-refractivity contribution in [2.24, 2.45) is 0 Å². The number of carboxylic acids is 1. The first kappa shape index (κ1) is 30.6. The summed E-state index contributed by atoms with van der Waals surface area (Å²) in [5.41, 5.74) is 7.40. The lowest BCUT2D eigenvalue weighted by Gasteiger charge is -2.12. The number of carboxylic acid groups (broad SMARTS) is 1. The van der Waals surface area contributed by atoms with E-state index in [1.54, 1.807) is 12.1 Å². The number of anilines is 1. The van der Waals surface area contributed by atoms with Gasteiger partial charge < -0.3 is 10.4 Å². The van der Waals surface area contributed by atoms with Crippen molar-refractivity contribution >= 4 is 11.7 Å². The minimum absolute atomic E-state index is 0.115. The minimum Gasteiger partial charge on any atom is -0.481 e. The van der Waals surface area contributed by atoms with Crippen LogP contribution in [0.2, 0.25) is 0 Å². The summed E-state index contributed by atoms with van der Waals surface area (Å²) in [5, 5.41) is 17.1. The van der Waals surface area contributed by atoms with E-state index in [1.807, 2.05) is 53.2 Å². The Hall–Kier alpha value is -4.85. The molecule has 0 bridgehead atoms. The number of alkyl halides is 3. The smallest absolute Gasteiger partial charge is 0.303 e. The van der Waals surface area contributed by atoms with Gasteiger partial charge in [0.1, 0.15) is 0 Å². The molecule has 5 aromatic rings. The monoisotopic (exact) mass is 597 g/mol. The maximum atomic E-state index is 13.8. The molecular formula is C36H34F3N3O2. The van der Waals surface area contributed by atoms with E-state index in [-0.39, 0.29) is 12.0 Å². The number of aliphatic carboxylic acids is 1. The summed E-state index contributed by atoms with van der Waals surface area (Å²) in [5.74, 6) is -4.31. The summed E-state index contributed by atoms with van der Waals surface area (Å²) in [6, 6.07) is 33.9. The topological polar surface area (TPSA) is 67.2 Å². The maximum Gasteiger partial charge on any atom is 0.303 e. The fraction of sp³-hybridized carbons (Fsp3) is 0.222. The average molecular weight is 598 g/mol. The van der Waals surface area contributed by atoms with E-state index < -0.39 is 18.6 Å². The number of halogens is 3. The maximum absolute atomic E-state index is 13.8. The first-order chi connectivity index (χ1) is 21.3. The molecule has 0 radical (unpaired) electrons. The van der Waals surface area contributed by atoms with Crippen LogP contribution in [0.1, 0.15) is 39.9 Å². The van der Waals surface area contributed by atoms with Crippen molar-refractivity contribution in [2.45, 2.75) is 44.7 Å². The second-order valence-corrected chi connectivity index (χ2v) is 10.8. The molecule has 8 heteroatoms. The summed E-state index contributed by atoms with van der Waals surface area (Å²) in [6.45, 7) is -0.545. The fourth-order valence-electron chi connectivity index (χ4n) is 4.99. The highest BCUT2D eigenvalue weighted by Gasteiger charge is 2.31. The number of aryl methyl sites for hydroxylation is 3. The van der Waals surface area contributed by atoms with Crippen LogP contribution < -0.4 is 5.32 Å². The largest absolute Gasteiger partial charge is 0.481 e. The van der Waals surface area contributed by atoms with Crippen LogP contribution in [0.25, 0.3) is 11.3 Å². The highest BCUT2D eigenvalue weighted by molar-refractivity contribution is 5.67. The molecule has 5 rings (SSSR count). The minimum atomic E-state index is -3.51. The molecule has 0 fully saturated rings. The third-order valence-corrected chi connectivity index (χ3v) is 7.58. The zero-order valence-electron chi connectivity index (χ0n) is 24.2. The number of nitrogens with zero attached hydrogens (tertiary/aromatic N) is 2. The number of benzene rings is 4. The summed E-state index contributed by atoms with van der Waals surface area (Å²) in [7, 11) is 0. The molecule has 5 nitrogen and oxygen atoms in total. The van der Waals surface area contributed by atoms with Crippen LogP contribution in [0.5, 0.6) is 0 Å². The molecule has 1 aromatic heterocycles. The molecule has 2 N–H and O–H groups in total. The molecule has 0 aliphatic rings. The number of nitrogens with one attached hydrogen (secondary N) is 1. The molecule has 0 spiro atoms. The molecule has 1 heterocycles. The summed E-state index contributed by atoms with van der Waals surface area (Å²) >= 11 is 0. The predicted molar refractivity (Wildman–Crippen MR) is 167 cm³/mol. The van der Waals surface area contributed by atoms with Gasteiger partial charge >= 0.3 is 11.9 Å². The first-order valence-electron chi connectivity index (χ1n) is 14.6. The zero-order valence-corrected chi connectivity index (χ0v) is 24.2. The molecule has 0 saturated carbocycles. The van der Waals surface area contributed by atoms with Crippen molar-refractivity contribution in [2.75, 3.05) is 12.0 Å². The summed E-state index contributed by atoms with van der Waals surface area (Å²) in [4.78, 5) is 10.8. The Morgan fingerprint density at radius 2 is 1.41 bits per heavy atom. The van der Waals surface area contributed by atoms with Gasteiger partial charge in [0.25, 0.3) is 0 Å². The number of hydrogen-bond acceptors (Lipinski definition) is 3. The van der Waals surface area contributed by atoms with Gasteiger partial charge in [0.15, 0.2) is 6.67 Å². The van der Waals surface area contributed by atoms with Crippen molar-refractivity contribution in [3.8, 4) is 11.3 Å². The van der Waals surface area contributed by atoms with E-state index in [2.05, 4.69) is 41.7 Å². The van der Waals surface area contributed by atoms with Crippen molar-refractivity contribution in [1.82, 2.24) is 9.78 Å². The van der Waals surface area contributed by atoms with Gasteiger partial charge in [-0.05, 0) is 59.7 Å². The van der Waals surface area contributed by atoms with Gasteiger partial charge in [-0.3, -0.25) is 9.48 Å². The van der Waals surface area contributed by atoms with Crippen LogP contribution in [0.15, 0.2) is 109 Å². The molecule has 0 unspecified atom stereocenters.